The van der Waals surface area contributed by atoms with E-state index in [2.05, 4.69) is 0 Å². The van der Waals surface area contributed by atoms with Crippen molar-refractivity contribution in [1.29, 1.82) is 0 Å². The van der Waals surface area contributed by atoms with Gasteiger partial charge in [0.1, 0.15) is 0 Å². The molecule has 0 unspecified atom stereocenters. The molecule has 0 aromatic carbocycles. The van der Waals surface area contributed by atoms with Gasteiger partial charge < -0.3 is 4.74 Å². The molecule has 0 saturated carbocycles. The van der Waals surface area contributed by atoms with Crippen molar-refractivity contribution in [3.8, 4) is 0 Å². The van der Waals surface area contributed by atoms with Crippen LogP contribution in [0.1, 0.15) is 6.42 Å². The minimum Gasteiger partial charge on any atom is -0.381 e. The van der Waals surface area contributed by atoms with Crippen molar-refractivity contribution in [2.24, 2.45) is 0 Å². The number of hydrogen-bond acceptors (Lipinski definition) is 2. The largest absolute Gasteiger partial charge is 0.692 e. The number of hydrogen-bond donors (Lipinski definition) is 2. The molecule has 0 atom stereocenters. The Kier molecular flexibility index (Phi) is 5.11. The normalized spacial score (nSPS) is 15.2. The summed E-state index contributed by atoms with van der Waals surface area (Å²) in [7, 11) is -2.87. The van der Waals surface area contributed by atoms with E-state index in [0.717, 1.165) is 13.2 Å². The van der Waals surface area contributed by atoms with E-state index in [9.17, 15) is 0 Å². The molecule has 0 aromatic rings. The Hall–Kier alpha value is -0.0200. The van der Waals surface area contributed by atoms with Gasteiger partial charge in [0.05, 0.1) is 0 Å². The van der Waals surface area contributed by atoms with Gasteiger partial charge in [0.2, 0.25) is 0 Å². The molecule has 1 saturated heterocycles. The first-order chi connectivity index (χ1) is 3.73. The van der Waals surface area contributed by atoms with Crippen LogP contribution in [0, 0.1) is 0 Å². The van der Waals surface area contributed by atoms with E-state index in [1.54, 1.807) is 0 Å². The van der Waals surface area contributed by atoms with Crippen LogP contribution < -0.4 is 0 Å². The maximum atomic E-state index is 8.70. The molecule has 4 nitrogen and oxygen atoms in total. The van der Waals surface area contributed by atoms with Crippen LogP contribution in [0.15, 0.2) is 0 Å². The van der Waals surface area contributed by atoms with Gasteiger partial charge in [-0.25, -0.2) is 0 Å². The molecule has 48 valence electrons. The first-order valence-electron chi connectivity index (χ1n) is 2.16. The zero-order valence-corrected chi connectivity index (χ0v) is 5.17. The van der Waals surface area contributed by atoms with Gasteiger partial charge in [-0.1, -0.05) is 0 Å². The highest BCUT2D eigenvalue weighted by molar-refractivity contribution is 7.30. The Balaban J connectivity index is 0.000000122. The quantitative estimate of drug-likeness (QED) is 0.465. The fourth-order valence-corrected chi connectivity index (χ4v) is 0.144. The first kappa shape index (κ1) is 7.98. The fraction of sp³-hybridized carbons (Fsp3) is 1.00. The van der Waals surface area contributed by atoms with Crippen molar-refractivity contribution in [2.75, 3.05) is 13.2 Å². The van der Waals surface area contributed by atoms with Gasteiger partial charge in [-0.05, 0) is 6.42 Å². The van der Waals surface area contributed by atoms with Gasteiger partial charge in [0.25, 0.3) is 0 Å². The maximum Gasteiger partial charge on any atom is 0.692 e. The smallest absolute Gasteiger partial charge is 0.381 e. The predicted molar refractivity (Wildman–Crippen MR) is 27.5 cm³/mol. The summed E-state index contributed by atoms with van der Waals surface area (Å²) in [5, 5.41) is 0. The molecule has 0 bridgehead atoms. The lowest BCUT2D eigenvalue weighted by molar-refractivity contribution is 0.0367. The molecule has 5 heteroatoms. The summed E-state index contributed by atoms with van der Waals surface area (Å²) < 4.78 is 13.4. The molecule has 0 radical (unpaired) electrons. The molecule has 1 fully saturated rings. The summed E-state index contributed by atoms with van der Waals surface area (Å²) in [5.74, 6) is 0. The van der Waals surface area contributed by atoms with Crippen molar-refractivity contribution < 1.29 is 19.1 Å². The monoisotopic (exact) mass is 139 g/mol. The molecule has 8 heavy (non-hydrogen) atoms. The minimum absolute atomic E-state index is 1.00. The highest BCUT2D eigenvalue weighted by Gasteiger charge is 1.94. The average Bonchev–Trinajstić information content (AvgIpc) is 1.19. The Labute approximate surface area is 48.0 Å². The van der Waals surface area contributed by atoms with Crippen LogP contribution in [-0.4, -0.2) is 23.0 Å². The van der Waals surface area contributed by atoms with E-state index in [1.165, 1.54) is 6.42 Å². The van der Waals surface area contributed by atoms with Crippen molar-refractivity contribution >= 4 is 8.25 Å². The van der Waals surface area contributed by atoms with E-state index < -0.39 is 8.25 Å². The fourth-order valence-electron chi connectivity index (χ4n) is 0.144. The number of rotatable bonds is 0. The lowest BCUT2D eigenvalue weighted by atomic mass is 10.4. The summed E-state index contributed by atoms with van der Waals surface area (Å²) >= 11 is 0. The van der Waals surface area contributed by atoms with Crippen LogP contribution in [0.25, 0.3) is 0 Å². The predicted octanol–water partition coefficient (Wildman–Crippen LogP) is 0.0351. The second-order valence-electron chi connectivity index (χ2n) is 1.22. The lowest BCUT2D eigenvalue weighted by Crippen LogP contribution is -2.09. The molecular formula is C3H8O4P+. The van der Waals surface area contributed by atoms with Crippen LogP contribution >= 0.6 is 8.25 Å². The zero-order chi connectivity index (χ0) is 6.41. The maximum absolute atomic E-state index is 8.70. The molecule has 2 N–H and O–H groups in total. The Morgan fingerprint density at radius 1 is 1.38 bits per heavy atom. The van der Waals surface area contributed by atoms with Gasteiger partial charge >= 0.3 is 8.25 Å². The first-order valence-corrected chi connectivity index (χ1v) is 3.33. The third kappa shape index (κ3) is 9.36. The highest BCUT2D eigenvalue weighted by Crippen LogP contribution is 1.98. The molecule has 1 aliphatic rings. The molecule has 1 aliphatic heterocycles. The summed E-state index contributed by atoms with van der Waals surface area (Å²) in [6, 6.07) is 0. The van der Waals surface area contributed by atoms with Gasteiger partial charge in [-0.3, -0.25) is 0 Å². The Bertz CT molecular complexity index is 61.7. The molecule has 0 aromatic heterocycles. The van der Waals surface area contributed by atoms with Crippen LogP contribution in [0.5, 0.6) is 0 Å². The SMILES string of the molecule is C1COC1.O=[P+](O)O. The Morgan fingerprint density at radius 3 is 1.50 bits per heavy atom. The van der Waals surface area contributed by atoms with Crippen LogP contribution in [-0.2, 0) is 9.30 Å². The second kappa shape index (κ2) is 5.12. The molecule has 1 heterocycles. The van der Waals surface area contributed by atoms with E-state index in [-0.39, 0.29) is 0 Å². The minimum atomic E-state index is -2.87. The summed E-state index contributed by atoms with van der Waals surface area (Å²) in [5.41, 5.74) is 0. The Morgan fingerprint density at radius 2 is 1.50 bits per heavy atom. The van der Waals surface area contributed by atoms with Gasteiger partial charge in [0.15, 0.2) is 0 Å². The standard InChI is InChI=1S/C3H6O.HO3P/c1-2-4-3-1;1-4(2)3/h1-3H2;(H-,1,2,3)/p+1. The van der Waals surface area contributed by atoms with Crippen molar-refractivity contribution in [3.05, 3.63) is 0 Å². The van der Waals surface area contributed by atoms with Crippen molar-refractivity contribution in [1.82, 2.24) is 0 Å². The summed E-state index contributed by atoms with van der Waals surface area (Å²) in [4.78, 5) is 14.2. The molecule has 0 aliphatic carbocycles. The van der Waals surface area contributed by atoms with Gasteiger partial charge in [-0.15, -0.1) is 9.79 Å². The lowest BCUT2D eigenvalue weighted by Gasteiger charge is -2.09. The summed E-state index contributed by atoms with van der Waals surface area (Å²) in [6.07, 6.45) is 1.28. The average molecular weight is 139 g/mol. The van der Waals surface area contributed by atoms with E-state index >= 15 is 0 Å². The topological polar surface area (TPSA) is 66.8 Å². The van der Waals surface area contributed by atoms with Gasteiger partial charge in [-0.2, -0.15) is 0 Å². The van der Waals surface area contributed by atoms with Gasteiger partial charge in [0, 0.05) is 17.8 Å². The molecular weight excluding hydrogens is 131 g/mol. The van der Waals surface area contributed by atoms with Crippen LogP contribution in [0.2, 0.25) is 0 Å². The zero-order valence-electron chi connectivity index (χ0n) is 4.28. The second-order valence-corrected chi connectivity index (χ2v) is 1.72. The number of ether oxygens (including phenoxy) is 1. The van der Waals surface area contributed by atoms with Crippen LogP contribution in [0.4, 0.5) is 0 Å². The van der Waals surface area contributed by atoms with Crippen molar-refractivity contribution in [3.63, 3.8) is 0 Å². The third-order valence-electron chi connectivity index (χ3n) is 0.577. The third-order valence-corrected chi connectivity index (χ3v) is 0.577. The highest BCUT2D eigenvalue weighted by atomic mass is 31.1. The molecule has 0 spiro atoms. The summed E-state index contributed by atoms with van der Waals surface area (Å²) in [6.45, 7) is 2.00. The molecule has 1 rings (SSSR count). The van der Waals surface area contributed by atoms with E-state index in [0.29, 0.717) is 0 Å². The van der Waals surface area contributed by atoms with Crippen molar-refractivity contribution in [2.45, 2.75) is 6.42 Å². The van der Waals surface area contributed by atoms with E-state index in [4.69, 9.17) is 19.1 Å². The van der Waals surface area contributed by atoms with E-state index in [1.807, 2.05) is 0 Å². The molecule has 0 amide bonds. The van der Waals surface area contributed by atoms with Crippen LogP contribution in [0.3, 0.4) is 0 Å².